The summed E-state index contributed by atoms with van der Waals surface area (Å²) in [6.45, 7) is 2.27. The third kappa shape index (κ3) is 6.36. The minimum atomic E-state index is 0.675. The predicted octanol–water partition coefficient (Wildman–Crippen LogP) is 5.41. The highest BCUT2D eigenvalue weighted by Gasteiger charge is 2.05. The molecule has 0 fully saturated rings. The number of alkyl halides is 1. The maximum Gasteiger partial charge on any atom is 0.0186 e. The zero-order chi connectivity index (χ0) is 10.9. The van der Waals surface area contributed by atoms with Gasteiger partial charge in [-0.2, -0.15) is 11.3 Å². The Bertz CT molecular complexity index is 231. The molecule has 0 radical (unpaired) electrons. The fourth-order valence-electron chi connectivity index (χ4n) is 1.74. The number of halogens is 1. The van der Waals surface area contributed by atoms with Crippen LogP contribution in [0.1, 0.15) is 51.0 Å². The number of hydrogen-bond donors (Lipinski definition) is 0. The van der Waals surface area contributed by atoms with Gasteiger partial charge in [0.1, 0.15) is 0 Å². The lowest BCUT2D eigenvalue weighted by Crippen LogP contribution is -2.01. The quantitative estimate of drug-likeness (QED) is 0.443. The van der Waals surface area contributed by atoms with Crippen molar-refractivity contribution in [2.45, 2.75) is 56.7 Å². The molecule has 1 heterocycles. The number of thiophene rings is 1. The summed E-state index contributed by atoms with van der Waals surface area (Å²) in [4.78, 5) is 0.675. The van der Waals surface area contributed by atoms with Crippen LogP contribution in [0.5, 0.6) is 0 Å². The van der Waals surface area contributed by atoms with E-state index in [4.69, 9.17) is 0 Å². The maximum atomic E-state index is 3.77. The highest BCUT2D eigenvalue weighted by atomic mass is 79.9. The van der Waals surface area contributed by atoms with Crippen LogP contribution < -0.4 is 0 Å². The van der Waals surface area contributed by atoms with Gasteiger partial charge in [-0.3, -0.25) is 0 Å². The van der Waals surface area contributed by atoms with Crippen LogP contribution >= 0.6 is 27.3 Å². The van der Waals surface area contributed by atoms with Crippen molar-refractivity contribution in [2.75, 3.05) is 0 Å². The molecule has 1 unspecified atom stereocenters. The summed E-state index contributed by atoms with van der Waals surface area (Å²) >= 11 is 5.57. The molecule has 0 aliphatic heterocycles. The van der Waals surface area contributed by atoms with Gasteiger partial charge in [-0.25, -0.2) is 0 Å². The molecule has 1 rings (SSSR count). The lowest BCUT2D eigenvalue weighted by molar-refractivity contribution is 0.599. The summed E-state index contributed by atoms with van der Waals surface area (Å²) in [5.41, 5.74) is 1.48. The molecule has 86 valence electrons. The molecular formula is C13H21BrS. The summed E-state index contributed by atoms with van der Waals surface area (Å²) < 4.78 is 0. The van der Waals surface area contributed by atoms with Crippen LogP contribution in [-0.2, 0) is 6.42 Å². The van der Waals surface area contributed by atoms with Crippen molar-refractivity contribution in [3.8, 4) is 0 Å². The van der Waals surface area contributed by atoms with Gasteiger partial charge in [0.05, 0.1) is 0 Å². The van der Waals surface area contributed by atoms with Gasteiger partial charge in [-0.1, -0.05) is 55.0 Å². The van der Waals surface area contributed by atoms with Crippen molar-refractivity contribution < 1.29 is 0 Å². The smallest absolute Gasteiger partial charge is 0.0186 e. The van der Waals surface area contributed by atoms with Crippen molar-refractivity contribution in [2.24, 2.45) is 0 Å². The Morgan fingerprint density at radius 1 is 1.27 bits per heavy atom. The van der Waals surface area contributed by atoms with Gasteiger partial charge in [0.25, 0.3) is 0 Å². The average molecular weight is 289 g/mol. The van der Waals surface area contributed by atoms with E-state index in [9.17, 15) is 0 Å². The van der Waals surface area contributed by atoms with E-state index >= 15 is 0 Å². The van der Waals surface area contributed by atoms with Crippen LogP contribution in [0, 0.1) is 0 Å². The molecule has 15 heavy (non-hydrogen) atoms. The van der Waals surface area contributed by atoms with Crippen molar-refractivity contribution in [3.63, 3.8) is 0 Å². The van der Waals surface area contributed by atoms with Crippen LogP contribution in [0.25, 0.3) is 0 Å². The van der Waals surface area contributed by atoms with Crippen LogP contribution in [0.15, 0.2) is 16.8 Å². The van der Waals surface area contributed by atoms with E-state index in [0.29, 0.717) is 4.83 Å². The van der Waals surface area contributed by atoms with E-state index in [1.165, 1.54) is 50.5 Å². The third-order valence-corrected chi connectivity index (χ3v) is 4.17. The second kappa shape index (κ2) is 8.35. The number of rotatable bonds is 8. The second-order valence-electron chi connectivity index (χ2n) is 4.14. The lowest BCUT2D eigenvalue weighted by atomic mass is 10.1. The van der Waals surface area contributed by atoms with E-state index in [1.807, 2.05) is 0 Å². The second-order valence-corrected chi connectivity index (χ2v) is 6.21. The van der Waals surface area contributed by atoms with E-state index in [1.54, 1.807) is 11.3 Å². The first-order valence-corrected chi connectivity index (χ1v) is 7.84. The van der Waals surface area contributed by atoms with Gasteiger partial charge >= 0.3 is 0 Å². The Morgan fingerprint density at radius 3 is 2.73 bits per heavy atom. The lowest BCUT2D eigenvalue weighted by Gasteiger charge is -2.08. The van der Waals surface area contributed by atoms with Gasteiger partial charge < -0.3 is 0 Å². The van der Waals surface area contributed by atoms with Crippen LogP contribution in [0.4, 0.5) is 0 Å². The van der Waals surface area contributed by atoms with E-state index in [-0.39, 0.29) is 0 Å². The fraction of sp³-hybridized carbons (Fsp3) is 0.692. The molecule has 0 aliphatic rings. The first-order valence-electron chi connectivity index (χ1n) is 5.98. The Hall–Kier alpha value is 0.180. The van der Waals surface area contributed by atoms with E-state index in [2.05, 4.69) is 39.7 Å². The Balaban J connectivity index is 2.01. The Labute approximate surface area is 106 Å². The largest absolute Gasteiger partial charge is 0.152 e. The van der Waals surface area contributed by atoms with Gasteiger partial charge in [-0.05, 0) is 35.2 Å². The summed E-state index contributed by atoms with van der Waals surface area (Å²) in [5, 5.41) is 4.42. The summed E-state index contributed by atoms with van der Waals surface area (Å²) in [5.74, 6) is 0. The maximum absolute atomic E-state index is 3.77. The van der Waals surface area contributed by atoms with Crippen LogP contribution in [0.2, 0.25) is 0 Å². The van der Waals surface area contributed by atoms with Crippen molar-refractivity contribution in [3.05, 3.63) is 22.4 Å². The highest BCUT2D eigenvalue weighted by molar-refractivity contribution is 9.09. The number of hydrogen-bond acceptors (Lipinski definition) is 1. The third-order valence-electron chi connectivity index (χ3n) is 2.66. The molecule has 2 heteroatoms. The molecule has 0 aromatic carbocycles. The topological polar surface area (TPSA) is 0 Å². The molecule has 0 amide bonds. The van der Waals surface area contributed by atoms with Gasteiger partial charge in [0, 0.05) is 4.83 Å². The van der Waals surface area contributed by atoms with E-state index < -0.39 is 0 Å². The first-order chi connectivity index (χ1) is 7.33. The van der Waals surface area contributed by atoms with Crippen molar-refractivity contribution in [1.29, 1.82) is 0 Å². The minimum absolute atomic E-state index is 0.675. The summed E-state index contributed by atoms with van der Waals surface area (Å²) in [6, 6.07) is 2.23. The molecule has 0 aliphatic carbocycles. The van der Waals surface area contributed by atoms with Crippen LogP contribution in [-0.4, -0.2) is 4.83 Å². The fourth-order valence-corrected chi connectivity index (χ4v) is 3.12. The molecule has 0 spiro atoms. The molecule has 0 nitrogen and oxygen atoms in total. The van der Waals surface area contributed by atoms with E-state index in [0.717, 1.165) is 0 Å². The van der Waals surface area contributed by atoms with Gasteiger partial charge in [-0.15, -0.1) is 0 Å². The molecule has 1 aromatic rings. The van der Waals surface area contributed by atoms with Crippen molar-refractivity contribution >= 4 is 27.3 Å². The van der Waals surface area contributed by atoms with Crippen LogP contribution in [0.3, 0.4) is 0 Å². The highest BCUT2D eigenvalue weighted by Crippen LogP contribution is 2.18. The van der Waals surface area contributed by atoms with Gasteiger partial charge in [0.15, 0.2) is 0 Å². The minimum Gasteiger partial charge on any atom is -0.152 e. The average Bonchev–Trinajstić information content (AvgIpc) is 2.70. The molecule has 0 saturated carbocycles. The predicted molar refractivity (Wildman–Crippen MR) is 74.1 cm³/mol. The normalized spacial score (nSPS) is 12.9. The van der Waals surface area contributed by atoms with Gasteiger partial charge in [0.2, 0.25) is 0 Å². The Kier molecular flexibility index (Phi) is 7.37. The molecule has 0 N–H and O–H groups in total. The molecular weight excluding hydrogens is 268 g/mol. The molecule has 1 atom stereocenters. The zero-order valence-corrected chi connectivity index (χ0v) is 11.9. The monoisotopic (exact) mass is 288 g/mol. The number of unbranched alkanes of at least 4 members (excludes halogenated alkanes) is 4. The summed E-state index contributed by atoms with van der Waals surface area (Å²) in [6.07, 6.45) is 9.44. The zero-order valence-electron chi connectivity index (χ0n) is 9.55. The standard InChI is InChI=1S/C13H21BrS/c1-2-3-4-5-6-7-13(14)10-12-8-9-15-11-12/h8-9,11,13H,2-7,10H2,1H3. The SMILES string of the molecule is CCCCCCCC(Br)Cc1ccsc1. The Morgan fingerprint density at radius 2 is 2.07 bits per heavy atom. The molecule has 1 aromatic heterocycles. The summed E-state index contributed by atoms with van der Waals surface area (Å²) in [7, 11) is 0. The first kappa shape index (κ1) is 13.2. The molecule has 0 bridgehead atoms. The van der Waals surface area contributed by atoms with Crippen molar-refractivity contribution in [1.82, 2.24) is 0 Å². The molecule has 0 saturated heterocycles.